The van der Waals surface area contributed by atoms with E-state index in [1.165, 1.54) is 5.56 Å². The molecule has 1 aromatic carbocycles. The zero-order valence-electron chi connectivity index (χ0n) is 11.4. The van der Waals surface area contributed by atoms with Crippen molar-refractivity contribution < 1.29 is 4.74 Å². The highest BCUT2D eigenvalue weighted by atomic mass is 32.1. The molecular weight excluding hydrogens is 270 g/mol. The minimum Gasteiger partial charge on any atom is -0.492 e. The summed E-state index contributed by atoms with van der Waals surface area (Å²) in [4.78, 5) is 5.56. The Kier molecular flexibility index (Phi) is 3.99. The van der Waals surface area contributed by atoms with Gasteiger partial charge in [0.15, 0.2) is 4.96 Å². The van der Waals surface area contributed by atoms with E-state index < -0.39 is 0 Å². The van der Waals surface area contributed by atoms with Crippen molar-refractivity contribution in [2.75, 3.05) is 13.2 Å². The summed E-state index contributed by atoms with van der Waals surface area (Å²) in [6, 6.07) is 8.10. The van der Waals surface area contributed by atoms with Gasteiger partial charge in [-0.25, -0.2) is 4.98 Å². The van der Waals surface area contributed by atoms with Gasteiger partial charge in [0.2, 0.25) is 0 Å². The smallest absolute Gasteiger partial charge is 0.193 e. The molecule has 2 heterocycles. The highest BCUT2D eigenvalue weighted by molar-refractivity contribution is 7.15. The predicted molar refractivity (Wildman–Crippen MR) is 81.4 cm³/mol. The summed E-state index contributed by atoms with van der Waals surface area (Å²) >= 11 is 1.65. The molecule has 20 heavy (non-hydrogen) atoms. The monoisotopic (exact) mass is 287 g/mol. The van der Waals surface area contributed by atoms with Crippen LogP contribution in [0.1, 0.15) is 11.3 Å². The summed E-state index contributed by atoms with van der Waals surface area (Å²) in [6.45, 7) is 4.30. The van der Waals surface area contributed by atoms with Gasteiger partial charge in [0.1, 0.15) is 12.4 Å². The second-order valence-electron chi connectivity index (χ2n) is 4.67. The zero-order valence-corrected chi connectivity index (χ0v) is 12.2. The molecule has 0 aliphatic rings. The van der Waals surface area contributed by atoms with Gasteiger partial charge in [-0.05, 0) is 24.6 Å². The predicted octanol–water partition coefficient (Wildman–Crippen LogP) is 2.87. The standard InChI is InChI=1S/C15H17N3OS/c1-12-3-2-4-14(9-12)19-7-5-16-10-13-11-18-6-8-20-15(18)17-13/h2-4,6,8-9,11,16H,5,7,10H2,1H3. The fraction of sp³-hybridized carbons (Fsp3) is 0.267. The number of imidazole rings is 1. The third kappa shape index (κ3) is 3.18. The van der Waals surface area contributed by atoms with Crippen molar-refractivity contribution in [1.82, 2.24) is 14.7 Å². The number of fused-ring (bicyclic) bond motifs is 1. The van der Waals surface area contributed by atoms with E-state index in [2.05, 4.69) is 29.5 Å². The van der Waals surface area contributed by atoms with Crippen LogP contribution >= 0.6 is 11.3 Å². The Labute approximate surface area is 122 Å². The zero-order chi connectivity index (χ0) is 13.8. The lowest BCUT2D eigenvalue weighted by atomic mass is 10.2. The Morgan fingerprint density at radius 2 is 2.35 bits per heavy atom. The summed E-state index contributed by atoms with van der Waals surface area (Å²) in [6.07, 6.45) is 4.08. The van der Waals surface area contributed by atoms with E-state index in [9.17, 15) is 0 Å². The van der Waals surface area contributed by atoms with E-state index in [-0.39, 0.29) is 0 Å². The lowest BCUT2D eigenvalue weighted by molar-refractivity contribution is 0.313. The number of hydrogen-bond acceptors (Lipinski definition) is 4. The van der Waals surface area contributed by atoms with Crippen LogP contribution in [0.4, 0.5) is 0 Å². The summed E-state index contributed by atoms with van der Waals surface area (Å²) < 4.78 is 7.73. The van der Waals surface area contributed by atoms with Gasteiger partial charge in [-0.1, -0.05) is 12.1 Å². The van der Waals surface area contributed by atoms with Crippen LogP contribution in [0.15, 0.2) is 42.0 Å². The molecule has 0 atom stereocenters. The number of hydrogen-bond donors (Lipinski definition) is 1. The number of rotatable bonds is 6. The first kappa shape index (κ1) is 13.1. The minimum absolute atomic E-state index is 0.658. The van der Waals surface area contributed by atoms with Crippen molar-refractivity contribution in [3.63, 3.8) is 0 Å². The summed E-state index contributed by atoms with van der Waals surface area (Å²) in [5, 5.41) is 5.38. The number of nitrogens with zero attached hydrogens (tertiary/aromatic N) is 2. The Bertz CT molecular complexity index is 661. The summed E-state index contributed by atoms with van der Waals surface area (Å²) in [5.41, 5.74) is 2.28. The van der Waals surface area contributed by atoms with Gasteiger partial charge in [0.25, 0.3) is 0 Å². The average Bonchev–Trinajstić information content (AvgIpc) is 2.99. The number of nitrogens with one attached hydrogen (secondary N) is 1. The van der Waals surface area contributed by atoms with Crippen LogP contribution in [0, 0.1) is 6.92 Å². The maximum Gasteiger partial charge on any atom is 0.193 e. The molecule has 3 aromatic rings. The van der Waals surface area contributed by atoms with E-state index in [1.54, 1.807) is 11.3 Å². The topological polar surface area (TPSA) is 38.6 Å². The second kappa shape index (κ2) is 6.07. The quantitative estimate of drug-likeness (QED) is 0.709. The first-order valence-electron chi connectivity index (χ1n) is 6.62. The molecule has 2 aromatic heterocycles. The lowest BCUT2D eigenvalue weighted by Crippen LogP contribution is -2.20. The highest BCUT2D eigenvalue weighted by Crippen LogP contribution is 2.12. The molecule has 3 rings (SSSR count). The minimum atomic E-state index is 0.658. The van der Waals surface area contributed by atoms with Crippen LogP contribution in [0.3, 0.4) is 0 Å². The van der Waals surface area contributed by atoms with E-state index in [0.717, 1.165) is 29.5 Å². The van der Waals surface area contributed by atoms with Crippen LogP contribution < -0.4 is 10.1 Å². The molecule has 0 unspecified atom stereocenters. The Balaban J connectivity index is 1.41. The highest BCUT2D eigenvalue weighted by Gasteiger charge is 2.01. The van der Waals surface area contributed by atoms with Crippen LogP contribution in [0.5, 0.6) is 5.75 Å². The third-order valence-corrected chi connectivity index (χ3v) is 3.76. The number of aromatic nitrogens is 2. The molecule has 0 radical (unpaired) electrons. The van der Waals surface area contributed by atoms with Crippen molar-refractivity contribution in [2.24, 2.45) is 0 Å². The van der Waals surface area contributed by atoms with Crippen LogP contribution in [-0.4, -0.2) is 22.5 Å². The number of benzene rings is 1. The number of ether oxygens (including phenoxy) is 1. The molecular formula is C15H17N3OS. The van der Waals surface area contributed by atoms with E-state index in [4.69, 9.17) is 4.74 Å². The van der Waals surface area contributed by atoms with Crippen molar-refractivity contribution in [1.29, 1.82) is 0 Å². The Hall–Kier alpha value is -1.85. The maximum atomic E-state index is 5.68. The van der Waals surface area contributed by atoms with Gasteiger partial charge in [-0.15, -0.1) is 11.3 Å². The largest absolute Gasteiger partial charge is 0.492 e. The maximum absolute atomic E-state index is 5.68. The molecule has 0 spiro atoms. The molecule has 5 heteroatoms. The van der Waals surface area contributed by atoms with Crippen LogP contribution in [-0.2, 0) is 6.54 Å². The van der Waals surface area contributed by atoms with Crippen molar-refractivity contribution >= 4 is 16.3 Å². The number of thiazole rings is 1. The lowest BCUT2D eigenvalue weighted by Gasteiger charge is -2.07. The third-order valence-electron chi connectivity index (χ3n) is 2.99. The van der Waals surface area contributed by atoms with E-state index in [0.29, 0.717) is 6.61 Å². The molecule has 0 fully saturated rings. The van der Waals surface area contributed by atoms with E-state index >= 15 is 0 Å². The Morgan fingerprint density at radius 3 is 3.20 bits per heavy atom. The SMILES string of the molecule is Cc1cccc(OCCNCc2cn3ccsc3n2)c1. The molecule has 104 valence electrons. The summed E-state index contributed by atoms with van der Waals surface area (Å²) in [5.74, 6) is 0.925. The van der Waals surface area contributed by atoms with E-state index in [1.807, 2.05) is 34.2 Å². The average molecular weight is 287 g/mol. The molecule has 0 aliphatic heterocycles. The molecule has 0 amide bonds. The van der Waals surface area contributed by atoms with Gasteiger partial charge in [-0.2, -0.15) is 0 Å². The van der Waals surface area contributed by atoms with Gasteiger partial charge in [-0.3, -0.25) is 4.40 Å². The first-order valence-corrected chi connectivity index (χ1v) is 7.50. The van der Waals surface area contributed by atoms with Crippen molar-refractivity contribution in [3.05, 3.63) is 53.3 Å². The fourth-order valence-electron chi connectivity index (χ4n) is 2.02. The molecule has 0 bridgehead atoms. The first-order chi connectivity index (χ1) is 9.81. The van der Waals surface area contributed by atoms with Gasteiger partial charge < -0.3 is 10.1 Å². The Morgan fingerprint density at radius 1 is 1.40 bits per heavy atom. The molecule has 0 aliphatic carbocycles. The van der Waals surface area contributed by atoms with Crippen molar-refractivity contribution in [2.45, 2.75) is 13.5 Å². The molecule has 4 nitrogen and oxygen atoms in total. The fourth-order valence-corrected chi connectivity index (χ4v) is 2.74. The summed E-state index contributed by atoms with van der Waals surface area (Å²) in [7, 11) is 0. The van der Waals surface area contributed by atoms with Gasteiger partial charge >= 0.3 is 0 Å². The normalized spacial score (nSPS) is 11.1. The molecule has 0 saturated heterocycles. The second-order valence-corrected chi connectivity index (χ2v) is 5.54. The molecule has 1 N–H and O–H groups in total. The van der Waals surface area contributed by atoms with Gasteiger partial charge in [0, 0.05) is 30.9 Å². The van der Waals surface area contributed by atoms with Crippen LogP contribution in [0.2, 0.25) is 0 Å². The number of aryl methyl sites for hydroxylation is 1. The van der Waals surface area contributed by atoms with Gasteiger partial charge in [0.05, 0.1) is 5.69 Å². The van der Waals surface area contributed by atoms with Crippen LogP contribution in [0.25, 0.3) is 4.96 Å². The van der Waals surface area contributed by atoms with Crippen molar-refractivity contribution in [3.8, 4) is 5.75 Å². The molecule has 0 saturated carbocycles.